The number of piperidine rings is 1. The molecule has 176 valence electrons. The van der Waals surface area contributed by atoms with Gasteiger partial charge in [0.15, 0.2) is 0 Å². The van der Waals surface area contributed by atoms with Crippen molar-refractivity contribution in [3.05, 3.63) is 59.2 Å². The van der Waals surface area contributed by atoms with Gasteiger partial charge in [-0.3, -0.25) is 4.90 Å². The molecule has 0 bridgehead atoms. The molecular weight excluding hydrogens is 404 g/mol. The van der Waals surface area contributed by atoms with Gasteiger partial charge in [0.05, 0.1) is 13.2 Å². The maximum atomic E-state index is 10.5. The lowest BCUT2D eigenvalue weighted by atomic mass is 10.1. The Morgan fingerprint density at radius 3 is 2.41 bits per heavy atom. The van der Waals surface area contributed by atoms with E-state index in [2.05, 4.69) is 48.0 Å². The van der Waals surface area contributed by atoms with Crippen LogP contribution in [0.2, 0.25) is 0 Å². The van der Waals surface area contributed by atoms with Crippen molar-refractivity contribution in [2.24, 2.45) is 0 Å². The molecule has 1 aliphatic rings. The van der Waals surface area contributed by atoms with Crippen LogP contribution in [0.5, 0.6) is 11.5 Å². The molecule has 0 amide bonds. The third-order valence-electron chi connectivity index (χ3n) is 6.05. The van der Waals surface area contributed by atoms with Crippen LogP contribution in [-0.2, 0) is 19.5 Å². The zero-order valence-electron chi connectivity index (χ0n) is 19.7. The van der Waals surface area contributed by atoms with Gasteiger partial charge in [-0.15, -0.1) is 0 Å². The van der Waals surface area contributed by atoms with Crippen LogP contribution in [0.4, 0.5) is 0 Å². The van der Waals surface area contributed by atoms with E-state index in [-0.39, 0.29) is 12.7 Å². The van der Waals surface area contributed by atoms with E-state index in [1.807, 2.05) is 18.2 Å². The van der Waals surface area contributed by atoms with Crippen LogP contribution < -0.4 is 9.47 Å². The summed E-state index contributed by atoms with van der Waals surface area (Å²) in [6, 6.07) is 14.6. The molecule has 2 N–H and O–H groups in total. The molecule has 1 saturated heterocycles. The van der Waals surface area contributed by atoms with E-state index >= 15 is 0 Å². The lowest BCUT2D eigenvalue weighted by molar-refractivity contribution is 0.0335. The second-order valence-corrected chi connectivity index (χ2v) is 8.81. The molecule has 2 aromatic rings. The zero-order chi connectivity index (χ0) is 22.9. The van der Waals surface area contributed by atoms with Crippen LogP contribution in [0, 0.1) is 0 Å². The van der Waals surface area contributed by atoms with Gasteiger partial charge in [0.25, 0.3) is 0 Å². The van der Waals surface area contributed by atoms with E-state index in [0.717, 1.165) is 56.0 Å². The second kappa shape index (κ2) is 12.2. The third kappa shape index (κ3) is 7.48. The van der Waals surface area contributed by atoms with Crippen molar-refractivity contribution in [3.63, 3.8) is 0 Å². The number of aryl methyl sites for hydroxylation is 1. The molecule has 0 aliphatic carbocycles. The molecule has 32 heavy (non-hydrogen) atoms. The summed E-state index contributed by atoms with van der Waals surface area (Å²) in [5.41, 5.74) is 3.65. The monoisotopic (exact) mass is 442 g/mol. The third-order valence-corrected chi connectivity index (χ3v) is 6.05. The summed E-state index contributed by atoms with van der Waals surface area (Å²) in [7, 11) is 3.76. The molecule has 1 atom stereocenters. The Balaban J connectivity index is 1.57. The van der Waals surface area contributed by atoms with Crippen LogP contribution in [0.1, 0.15) is 36.5 Å². The van der Waals surface area contributed by atoms with Gasteiger partial charge in [-0.25, -0.2) is 0 Å². The lowest BCUT2D eigenvalue weighted by Gasteiger charge is -2.31. The average Bonchev–Trinajstić information content (AvgIpc) is 2.80. The first-order valence-electron chi connectivity index (χ1n) is 11.6. The summed E-state index contributed by atoms with van der Waals surface area (Å²) < 4.78 is 11.5. The van der Waals surface area contributed by atoms with Crippen molar-refractivity contribution < 1.29 is 19.7 Å². The van der Waals surface area contributed by atoms with Crippen LogP contribution in [0.15, 0.2) is 42.5 Å². The van der Waals surface area contributed by atoms with Crippen molar-refractivity contribution in [1.29, 1.82) is 0 Å². The molecular formula is C26H38N2O4. The molecule has 1 heterocycles. The van der Waals surface area contributed by atoms with Gasteiger partial charge >= 0.3 is 0 Å². The fourth-order valence-corrected chi connectivity index (χ4v) is 4.12. The first kappa shape index (κ1) is 24.5. The summed E-state index contributed by atoms with van der Waals surface area (Å²) in [4.78, 5) is 4.44. The molecule has 6 nitrogen and oxygen atoms in total. The molecule has 3 rings (SSSR count). The minimum absolute atomic E-state index is 0.205. The Morgan fingerprint density at radius 1 is 1.06 bits per heavy atom. The van der Waals surface area contributed by atoms with Gasteiger partial charge in [-0.2, -0.15) is 0 Å². The number of hydrogen-bond acceptors (Lipinski definition) is 6. The number of benzene rings is 2. The quantitative estimate of drug-likeness (QED) is 0.558. The molecule has 0 aromatic heterocycles. The number of methoxy groups -OCH3 is 1. The van der Waals surface area contributed by atoms with Gasteiger partial charge < -0.3 is 24.6 Å². The highest BCUT2D eigenvalue weighted by atomic mass is 16.5. The summed E-state index contributed by atoms with van der Waals surface area (Å²) in [5.74, 6) is 1.56. The number of ether oxygens (including phenoxy) is 2. The minimum atomic E-state index is -0.574. The summed E-state index contributed by atoms with van der Waals surface area (Å²) >= 11 is 0. The summed E-state index contributed by atoms with van der Waals surface area (Å²) in [5, 5.41) is 20.1. The Morgan fingerprint density at radius 2 is 1.75 bits per heavy atom. The van der Waals surface area contributed by atoms with Crippen LogP contribution in [-0.4, -0.2) is 72.6 Å². The van der Waals surface area contributed by atoms with Crippen LogP contribution >= 0.6 is 0 Å². The number of likely N-dealkylation sites (tertiary alicyclic amines) is 1. The molecule has 1 aliphatic heterocycles. The van der Waals surface area contributed by atoms with Crippen molar-refractivity contribution in [1.82, 2.24) is 9.80 Å². The van der Waals surface area contributed by atoms with Crippen molar-refractivity contribution in [3.8, 4) is 11.5 Å². The maximum absolute atomic E-state index is 10.5. The number of hydrogen-bond donors (Lipinski definition) is 2. The Labute approximate surface area is 192 Å². The summed E-state index contributed by atoms with van der Waals surface area (Å²) in [6.07, 6.45) is 1.80. The highest BCUT2D eigenvalue weighted by Gasteiger charge is 2.20. The molecule has 0 spiro atoms. The lowest BCUT2D eigenvalue weighted by Crippen LogP contribution is -2.41. The molecule has 1 fully saturated rings. The number of aliphatic hydroxyl groups is 2. The van der Waals surface area contributed by atoms with E-state index in [4.69, 9.17) is 9.47 Å². The fourth-order valence-electron chi connectivity index (χ4n) is 4.12. The molecule has 2 aromatic carbocycles. The van der Waals surface area contributed by atoms with E-state index in [0.29, 0.717) is 13.1 Å². The second-order valence-electron chi connectivity index (χ2n) is 8.81. The average molecular weight is 443 g/mol. The maximum Gasteiger partial charge on any atom is 0.124 e. The van der Waals surface area contributed by atoms with Gasteiger partial charge in [-0.1, -0.05) is 31.2 Å². The van der Waals surface area contributed by atoms with Gasteiger partial charge in [0.2, 0.25) is 0 Å². The van der Waals surface area contributed by atoms with E-state index in [1.165, 1.54) is 11.1 Å². The normalized spacial score (nSPS) is 16.3. The van der Waals surface area contributed by atoms with E-state index in [9.17, 15) is 10.2 Å². The van der Waals surface area contributed by atoms with Gasteiger partial charge in [0.1, 0.15) is 24.2 Å². The van der Waals surface area contributed by atoms with Gasteiger partial charge in [-0.05, 0) is 55.6 Å². The highest BCUT2D eigenvalue weighted by molar-refractivity contribution is 5.40. The molecule has 0 saturated carbocycles. The molecule has 0 radical (unpaired) electrons. The Hall–Kier alpha value is -2.12. The Bertz CT molecular complexity index is 819. The standard InChI is InChI=1S/C26H38N2O4/c1-4-20-5-7-21(8-6-20)16-27(2)17-22-15-25(31-3)9-10-26(22)32-19-24(30)18-28-13-11-23(29)12-14-28/h5-10,15,23-24,29-30H,4,11-14,16-19H2,1-3H3/t24-/m1/s1. The number of rotatable bonds is 11. The predicted octanol–water partition coefficient (Wildman–Crippen LogP) is 3.09. The fraction of sp³-hybridized carbons (Fsp3) is 0.538. The predicted molar refractivity (Wildman–Crippen MR) is 127 cm³/mol. The zero-order valence-corrected chi connectivity index (χ0v) is 19.7. The number of aliphatic hydroxyl groups excluding tert-OH is 2. The minimum Gasteiger partial charge on any atom is -0.497 e. The van der Waals surface area contributed by atoms with Crippen LogP contribution in [0.25, 0.3) is 0 Å². The van der Waals surface area contributed by atoms with Gasteiger partial charge in [0, 0.05) is 38.3 Å². The SMILES string of the molecule is CCc1ccc(CN(C)Cc2cc(OC)ccc2OC[C@H](O)CN2CCC(O)CC2)cc1. The number of nitrogens with zero attached hydrogens (tertiary/aromatic N) is 2. The Kier molecular flexibility index (Phi) is 9.36. The largest absolute Gasteiger partial charge is 0.497 e. The first-order valence-corrected chi connectivity index (χ1v) is 11.6. The van der Waals surface area contributed by atoms with Crippen LogP contribution in [0.3, 0.4) is 0 Å². The number of β-amino-alcohol motifs (C(OH)–C–C–N with tert-alkyl or cyclic N) is 1. The van der Waals surface area contributed by atoms with Crippen molar-refractivity contribution in [2.45, 2.75) is 51.5 Å². The van der Waals surface area contributed by atoms with Crippen molar-refractivity contribution >= 4 is 0 Å². The highest BCUT2D eigenvalue weighted by Crippen LogP contribution is 2.26. The van der Waals surface area contributed by atoms with Crippen molar-refractivity contribution in [2.75, 3.05) is 40.4 Å². The summed E-state index contributed by atoms with van der Waals surface area (Å²) in [6.45, 7) is 6.14. The van der Waals surface area contributed by atoms with E-state index < -0.39 is 6.10 Å². The smallest absolute Gasteiger partial charge is 0.124 e. The molecule has 0 unspecified atom stereocenters. The molecule has 6 heteroatoms. The van der Waals surface area contributed by atoms with E-state index in [1.54, 1.807) is 7.11 Å². The topological polar surface area (TPSA) is 65.4 Å². The first-order chi connectivity index (χ1) is 15.5.